The van der Waals surface area contributed by atoms with Gasteiger partial charge in [-0.25, -0.2) is 15.0 Å². The Labute approximate surface area is 187 Å². The first-order valence-electron chi connectivity index (χ1n) is 11.1. The fourth-order valence-corrected chi connectivity index (χ4v) is 5.44. The van der Waals surface area contributed by atoms with Crippen LogP contribution in [0.5, 0.6) is 0 Å². The third-order valence-corrected chi connectivity index (χ3v) is 7.58. The molecule has 0 unspecified atom stereocenters. The van der Waals surface area contributed by atoms with Gasteiger partial charge in [-0.15, -0.1) is 11.3 Å². The molecule has 0 saturated carbocycles. The highest BCUT2D eigenvalue weighted by atomic mass is 32.1. The summed E-state index contributed by atoms with van der Waals surface area (Å²) in [5, 5.41) is 1.24. The molecular weight excluding hydrogens is 410 g/mol. The highest BCUT2D eigenvalue weighted by Gasteiger charge is 2.24. The molecule has 2 fully saturated rings. The Bertz CT molecular complexity index is 1050. The average molecular weight is 442 g/mol. The summed E-state index contributed by atoms with van der Waals surface area (Å²) in [5.41, 5.74) is 1.32. The number of fused-ring (bicyclic) bond motifs is 1. The zero-order chi connectivity index (χ0) is 21.4. The second kappa shape index (κ2) is 8.82. The zero-order valence-corrected chi connectivity index (χ0v) is 19.5. The number of morpholine rings is 1. The summed E-state index contributed by atoms with van der Waals surface area (Å²) >= 11 is 1.80. The van der Waals surface area contributed by atoms with Crippen molar-refractivity contribution in [3.63, 3.8) is 0 Å². The summed E-state index contributed by atoms with van der Waals surface area (Å²) in [6.45, 7) is 13.6. The number of aromatic nitrogens is 4. The van der Waals surface area contributed by atoms with Gasteiger partial charge in [0, 0.05) is 63.6 Å². The van der Waals surface area contributed by atoms with E-state index in [0.717, 1.165) is 87.9 Å². The first kappa shape index (κ1) is 20.8. The number of ether oxygens (including phenoxy) is 1. The van der Waals surface area contributed by atoms with Crippen LogP contribution in [0.15, 0.2) is 12.4 Å². The van der Waals surface area contributed by atoms with Crippen LogP contribution in [0.3, 0.4) is 0 Å². The Hall–Kier alpha value is -2.07. The van der Waals surface area contributed by atoms with E-state index >= 15 is 0 Å². The quantitative estimate of drug-likeness (QED) is 0.601. The Balaban J connectivity index is 1.37. The van der Waals surface area contributed by atoms with Gasteiger partial charge in [0.15, 0.2) is 0 Å². The van der Waals surface area contributed by atoms with Gasteiger partial charge in [-0.3, -0.25) is 9.80 Å². The summed E-state index contributed by atoms with van der Waals surface area (Å²) < 4.78 is 7.61. The summed E-state index contributed by atoms with van der Waals surface area (Å²) in [6, 6.07) is 0. The van der Waals surface area contributed by atoms with Crippen molar-refractivity contribution in [3.05, 3.63) is 34.5 Å². The standard InChI is InChI=1S/C22H31N7OS/c1-16-17(2)31-22-20(16)21(24-18(25-22)14-28-10-12-30-13-11-28)29-8-6-27(7-9-29)15-19-23-4-5-26(19)3/h4-5H,6-15H2,1-3H3. The van der Waals surface area contributed by atoms with E-state index in [0.29, 0.717) is 0 Å². The van der Waals surface area contributed by atoms with Gasteiger partial charge in [-0.1, -0.05) is 0 Å². The second-order valence-electron chi connectivity index (χ2n) is 8.53. The lowest BCUT2D eigenvalue weighted by molar-refractivity contribution is 0.0331. The topological polar surface area (TPSA) is 62.6 Å². The summed E-state index contributed by atoms with van der Waals surface area (Å²) in [5.74, 6) is 3.17. The van der Waals surface area contributed by atoms with Crippen molar-refractivity contribution < 1.29 is 4.74 Å². The largest absolute Gasteiger partial charge is 0.379 e. The van der Waals surface area contributed by atoms with Gasteiger partial charge in [0.05, 0.1) is 31.7 Å². The van der Waals surface area contributed by atoms with Crippen LogP contribution in [0.25, 0.3) is 10.2 Å². The van der Waals surface area contributed by atoms with E-state index in [9.17, 15) is 0 Å². The van der Waals surface area contributed by atoms with Crippen LogP contribution in [-0.2, 0) is 24.9 Å². The first-order chi connectivity index (χ1) is 15.1. The zero-order valence-electron chi connectivity index (χ0n) is 18.7. The maximum Gasteiger partial charge on any atom is 0.146 e. The average Bonchev–Trinajstić information content (AvgIpc) is 3.31. The molecule has 8 nitrogen and oxygen atoms in total. The lowest BCUT2D eigenvalue weighted by Crippen LogP contribution is -2.46. The molecule has 0 N–H and O–H groups in total. The molecule has 5 heterocycles. The van der Waals surface area contributed by atoms with Crippen LogP contribution in [0.4, 0.5) is 5.82 Å². The number of rotatable bonds is 5. The molecule has 0 bridgehead atoms. The molecule has 166 valence electrons. The van der Waals surface area contributed by atoms with Crippen LogP contribution in [0, 0.1) is 13.8 Å². The first-order valence-corrected chi connectivity index (χ1v) is 11.9. The Morgan fingerprint density at radius 1 is 0.968 bits per heavy atom. The molecule has 2 aliphatic rings. The molecule has 0 spiro atoms. The van der Waals surface area contributed by atoms with Gasteiger partial charge < -0.3 is 14.2 Å². The molecule has 9 heteroatoms. The molecule has 0 radical (unpaired) electrons. The van der Waals surface area contributed by atoms with Gasteiger partial charge in [0.2, 0.25) is 0 Å². The summed E-state index contributed by atoms with van der Waals surface area (Å²) in [4.78, 5) is 24.4. The molecule has 3 aromatic heterocycles. The molecule has 0 aromatic carbocycles. The number of nitrogens with zero attached hydrogens (tertiary/aromatic N) is 7. The van der Waals surface area contributed by atoms with Crippen LogP contribution in [0.1, 0.15) is 22.1 Å². The van der Waals surface area contributed by atoms with E-state index in [1.165, 1.54) is 15.8 Å². The molecular formula is C22H31N7OS. The Morgan fingerprint density at radius 2 is 1.71 bits per heavy atom. The Kier molecular flexibility index (Phi) is 5.92. The SMILES string of the molecule is Cc1sc2nc(CN3CCOCC3)nc(N3CCN(Cc4nccn4C)CC3)c2c1C. The van der Waals surface area contributed by atoms with Crippen molar-refractivity contribution in [3.8, 4) is 0 Å². The summed E-state index contributed by atoms with van der Waals surface area (Å²) in [7, 11) is 2.06. The summed E-state index contributed by atoms with van der Waals surface area (Å²) in [6.07, 6.45) is 3.89. The normalized spacial score (nSPS) is 18.9. The fourth-order valence-electron chi connectivity index (χ4n) is 4.40. The smallest absolute Gasteiger partial charge is 0.146 e. The molecule has 0 amide bonds. The second-order valence-corrected chi connectivity index (χ2v) is 9.74. The number of anilines is 1. The number of piperazine rings is 1. The van der Waals surface area contributed by atoms with Gasteiger partial charge in [-0.2, -0.15) is 0 Å². The predicted molar refractivity (Wildman–Crippen MR) is 124 cm³/mol. The van der Waals surface area contributed by atoms with Crippen LogP contribution in [-0.4, -0.2) is 81.8 Å². The van der Waals surface area contributed by atoms with Crippen LogP contribution in [0.2, 0.25) is 0 Å². The molecule has 5 rings (SSSR count). The van der Waals surface area contributed by atoms with Crippen molar-refractivity contribution in [1.82, 2.24) is 29.3 Å². The van der Waals surface area contributed by atoms with E-state index in [1.54, 1.807) is 11.3 Å². The van der Waals surface area contributed by atoms with Crippen molar-refractivity contribution in [2.24, 2.45) is 7.05 Å². The molecule has 31 heavy (non-hydrogen) atoms. The number of thiophene rings is 1. The molecule has 2 saturated heterocycles. The van der Waals surface area contributed by atoms with Crippen molar-refractivity contribution in [2.75, 3.05) is 57.4 Å². The highest BCUT2D eigenvalue weighted by molar-refractivity contribution is 7.18. The van der Waals surface area contributed by atoms with Crippen molar-refractivity contribution in [1.29, 1.82) is 0 Å². The van der Waals surface area contributed by atoms with Gasteiger partial charge >= 0.3 is 0 Å². The Morgan fingerprint density at radius 3 is 2.42 bits per heavy atom. The molecule has 0 atom stereocenters. The third-order valence-electron chi connectivity index (χ3n) is 6.48. The van der Waals surface area contributed by atoms with E-state index in [-0.39, 0.29) is 0 Å². The predicted octanol–water partition coefficient (Wildman–Crippen LogP) is 2.20. The van der Waals surface area contributed by atoms with E-state index in [2.05, 4.69) is 45.1 Å². The molecule has 0 aliphatic carbocycles. The van der Waals surface area contributed by atoms with Gasteiger partial charge in [0.25, 0.3) is 0 Å². The van der Waals surface area contributed by atoms with E-state index < -0.39 is 0 Å². The van der Waals surface area contributed by atoms with Crippen molar-refractivity contribution in [2.45, 2.75) is 26.9 Å². The van der Waals surface area contributed by atoms with E-state index in [1.807, 2.05) is 12.4 Å². The number of hydrogen-bond donors (Lipinski definition) is 0. The minimum Gasteiger partial charge on any atom is -0.379 e. The lowest BCUT2D eigenvalue weighted by Gasteiger charge is -2.35. The number of aryl methyl sites for hydroxylation is 3. The van der Waals surface area contributed by atoms with Gasteiger partial charge in [-0.05, 0) is 19.4 Å². The highest BCUT2D eigenvalue weighted by Crippen LogP contribution is 2.35. The third kappa shape index (κ3) is 4.32. The molecule has 2 aliphatic heterocycles. The monoisotopic (exact) mass is 441 g/mol. The lowest BCUT2D eigenvalue weighted by atomic mass is 10.2. The van der Waals surface area contributed by atoms with Crippen molar-refractivity contribution >= 4 is 27.4 Å². The maximum atomic E-state index is 5.50. The van der Waals surface area contributed by atoms with Crippen LogP contribution >= 0.6 is 11.3 Å². The maximum absolute atomic E-state index is 5.50. The van der Waals surface area contributed by atoms with Gasteiger partial charge in [0.1, 0.15) is 22.3 Å². The van der Waals surface area contributed by atoms with Crippen LogP contribution < -0.4 is 4.90 Å². The minimum absolute atomic E-state index is 0.793. The minimum atomic E-state index is 0.793. The van der Waals surface area contributed by atoms with E-state index in [4.69, 9.17) is 14.7 Å². The molecule has 3 aromatic rings. The number of imidazole rings is 1. The number of hydrogen-bond acceptors (Lipinski definition) is 8. The fraction of sp³-hybridized carbons (Fsp3) is 0.591.